The Morgan fingerprint density at radius 1 is 1.33 bits per heavy atom. The van der Waals surface area contributed by atoms with Gasteiger partial charge in [-0.25, -0.2) is 0 Å². The molecule has 1 aromatic heterocycles. The summed E-state index contributed by atoms with van der Waals surface area (Å²) in [6, 6.07) is 4.61. The summed E-state index contributed by atoms with van der Waals surface area (Å²) in [6.07, 6.45) is 6.70. The van der Waals surface area contributed by atoms with Crippen LogP contribution in [0.2, 0.25) is 0 Å². The molecular weight excluding hydrogens is 188 g/mol. The largest absolute Gasteiger partial charge is 0.378 e. The van der Waals surface area contributed by atoms with Gasteiger partial charge in [0.1, 0.15) is 0 Å². The lowest BCUT2D eigenvalue weighted by Crippen LogP contribution is -2.39. The molecule has 0 aromatic carbocycles. The fourth-order valence-electron chi connectivity index (χ4n) is 2.04. The quantitative estimate of drug-likeness (QED) is 0.824. The highest BCUT2D eigenvalue weighted by atomic mass is 16.5. The van der Waals surface area contributed by atoms with Crippen LogP contribution < -0.4 is 5.43 Å². The van der Waals surface area contributed by atoms with Crippen molar-refractivity contribution in [3.05, 3.63) is 24.5 Å². The van der Waals surface area contributed by atoms with E-state index in [4.69, 9.17) is 4.74 Å². The van der Waals surface area contributed by atoms with E-state index < -0.39 is 0 Å². The third-order valence-electron chi connectivity index (χ3n) is 2.99. The number of hydrogen-bond acceptors (Lipinski definition) is 2. The zero-order valence-corrected chi connectivity index (χ0v) is 9.52. The summed E-state index contributed by atoms with van der Waals surface area (Å²) in [6.45, 7) is 5.33. The van der Waals surface area contributed by atoms with Gasteiger partial charge >= 0.3 is 0 Å². The lowest BCUT2D eigenvalue weighted by Gasteiger charge is -2.33. The molecule has 3 heteroatoms. The highest BCUT2D eigenvalue weighted by Gasteiger charge is 2.24. The molecule has 3 nitrogen and oxygen atoms in total. The summed E-state index contributed by atoms with van der Waals surface area (Å²) in [7, 11) is 0. The van der Waals surface area contributed by atoms with E-state index in [9.17, 15) is 0 Å². The molecule has 2 atom stereocenters. The standard InChI is InChI=1S/C12H20N2O/c1-10(2)12-9-11(5-8-15-12)13-14-6-3-4-7-14/h3-4,6-7,10-13H,5,8-9H2,1-2H3. The molecule has 1 aromatic rings. The van der Waals surface area contributed by atoms with Crippen LogP contribution in [-0.2, 0) is 4.74 Å². The van der Waals surface area contributed by atoms with E-state index in [0.29, 0.717) is 18.1 Å². The minimum Gasteiger partial charge on any atom is -0.378 e. The van der Waals surface area contributed by atoms with Crippen molar-refractivity contribution in [1.29, 1.82) is 0 Å². The molecule has 0 bridgehead atoms. The molecule has 0 amide bonds. The van der Waals surface area contributed by atoms with Crippen LogP contribution in [0, 0.1) is 5.92 Å². The average molecular weight is 208 g/mol. The molecule has 1 saturated heterocycles. The molecule has 1 aliphatic rings. The van der Waals surface area contributed by atoms with Gasteiger partial charge in [0.15, 0.2) is 0 Å². The molecule has 0 radical (unpaired) electrons. The predicted octanol–water partition coefficient (Wildman–Crippen LogP) is 2.24. The summed E-state index contributed by atoms with van der Waals surface area (Å²) in [5, 5.41) is 0. The molecule has 2 heterocycles. The van der Waals surface area contributed by atoms with E-state index in [0.717, 1.165) is 19.4 Å². The van der Waals surface area contributed by atoms with E-state index in [-0.39, 0.29) is 0 Å². The molecular formula is C12H20N2O. The van der Waals surface area contributed by atoms with Crippen LogP contribution in [-0.4, -0.2) is 23.4 Å². The molecule has 84 valence electrons. The molecule has 2 rings (SSSR count). The molecule has 1 N–H and O–H groups in total. The first-order valence-corrected chi connectivity index (χ1v) is 5.77. The van der Waals surface area contributed by atoms with Crippen molar-refractivity contribution < 1.29 is 4.74 Å². The van der Waals surface area contributed by atoms with Crippen LogP contribution in [0.4, 0.5) is 0 Å². The van der Waals surface area contributed by atoms with Crippen LogP contribution in [0.3, 0.4) is 0 Å². The van der Waals surface area contributed by atoms with Crippen molar-refractivity contribution >= 4 is 0 Å². The average Bonchev–Trinajstić information content (AvgIpc) is 2.71. The molecule has 0 spiro atoms. The first-order chi connectivity index (χ1) is 7.25. The topological polar surface area (TPSA) is 26.2 Å². The lowest BCUT2D eigenvalue weighted by molar-refractivity contribution is -0.0175. The van der Waals surface area contributed by atoms with Gasteiger partial charge in [0.2, 0.25) is 0 Å². The zero-order chi connectivity index (χ0) is 10.7. The van der Waals surface area contributed by atoms with E-state index in [1.807, 2.05) is 29.2 Å². The second kappa shape index (κ2) is 4.71. The van der Waals surface area contributed by atoms with E-state index in [1.165, 1.54) is 0 Å². The number of rotatable bonds is 3. The molecule has 1 fully saturated rings. The normalized spacial score (nSPS) is 26.9. The second-order valence-corrected chi connectivity index (χ2v) is 4.59. The molecule has 2 unspecified atom stereocenters. The Labute approximate surface area is 91.4 Å². The van der Waals surface area contributed by atoms with Gasteiger partial charge in [0.25, 0.3) is 0 Å². The van der Waals surface area contributed by atoms with Crippen molar-refractivity contribution in [2.45, 2.75) is 38.8 Å². The fourth-order valence-corrected chi connectivity index (χ4v) is 2.04. The van der Waals surface area contributed by atoms with E-state index in [1.54, 1.807) is 0 Å². The van der Waals surface area contributed by atoms with Crippen LogP contribution in [0.5, 0.6) is 0 Å². The number of hydrogen-bond donors (Lipinski definition) is 1. The van der Waals surface area contributed by atoms with Gasteiger partial charge in [-0.15, -0.1) is 0 Å². The summed E-state index contributed by atoms with van der Waals surface area (Å²) in [4.78, 5) is 0. The minimum absolute atomic E-state index is 0.409. The summed E-state index contributed by atoms with van der Waals surface area (Å²) in [5.74, 6) is 0.610. The summed E-state index contributed by atoms with van der Waals surface area (Å²) >= 11 is 0. The SMILES string of the molecule is CC(C)C1CC(Nn2cccc2)CCO1. The molecule has 0 saturated carbocycles. The van der Waals surface area contributed by atoms with Crippen molar-refractivity contribution in [3.63, 3.8) is 0 Å². The highest BCUT2D eigenvalue weighted by Crippen LogP contribution is 2.20. The first kappa shape index (κ1) is 10.6. The maximum Gasteiger partial charge on any atom is 0.0618 e. The maximum atomic E-state index is 5.74. The lowest BCUT2D eigenvalue weighted by atomic mass is 9.96. The van der Waals surface area contributed by atoms with Crippen molar-refractivity contribution in [3.8, 4) is 0 Å². The Kier molecular flexibility index (Phi) is 3.31. The second-order valence-electron chi connectivity index (χ2n) is 4.59. The van der Waals surface area contributed by atoms with Gasteiger partial charge in [-0.3, -0.25) is 4.68 Å². The van der Waals surface area contributed by atoms with Crippen LogP contribution in [0.25, 0.3) is 0 Å². The van der Waals surface area contributed by atoms with E-state index in [2.05, 4.69) is 19.3 Å². The summed E-state index contributed by atoms with van der Waals surface area (Å²) < 4.78 is 7.77. The van der Waals surface area contributed by atoms with Crippen LogP contribution in [0.1, 0.15) is 26.7 Å². The number of ether oxygens (including phenoxy) is 1. The van der Waals surface area contributed by atoms with Crippen molar-refractivity contribution in [1.82, 2.24) is 4.68 Å². The Balaban J connectivity index is 1.88. The third-order valence-corrected chi connectivity index (χ3v) is 2.99. The van der Waals surface area contributed by atoms with Gasteiger partial charge < -0.3 is 10.2 Å². The summed E-state index contributed by atoms with van der Waals surface area (Å²) in [5.41, 5.74) is 3.48. The highest BCUT2D eigenvalue weighted by molar-refractivity contribution is 4.96. The first-order valence-electron chi connectivity index (χ1n) is 5.77. The van der Waals surface area contributed by atoms with Gasteiger partial charge in [0, 0.05) is 25.0 Å². The van der Waals surface area contributed by atoms with Crippen molar-refractivity contribution in [2.75, 3.05) is 12.0 Å². The third kappa shape index (κ3) is 2.75. The molecule has 1 aliphatic heterocycles. The van der Waals surface area contributed by atoms with Crippen LogP contribution in [0.15, 0.2) is 24.5 Å². The Morgan fingerprint density at radius 2 is 2.07 bits per heavy atom. The molecule has 15 heavy (non-hydrogen) atoms. The number of nitrogens with one attached hydrogen (secondary N) is 1. The smallest absolute Gasteiger partial charge is 0.0618 e. The van der Waals surface area contributed by atoms with Gasteiger partial charge in [-0.1, -0.05) is 13.8 Å². The Bertz CT molecular complexity index is 282. The van der Waals surface area contributed by atoms with Gasteiger partial charge in [0.05, 0.1) is 6.10 Å². The zero-order valence-electron chi connectivity index (χ0n) is 9.52. The fraction of sp³-hybridized carbons (Fsp3) is 0.667. The Hall–Kier alpha value is -0.960. The van der Waals surface area contributed by atoms with Gasteiger partial charge in [-0.05, 0) is 30.9 Å². The monoisotopic (exact) mass is 208 g/mol. The predicted molar refractivity (Wildman–Crippen MR) is 61.4 cm³/mol. The molecule has 0 aliphatic carbocycles. The van der Waals surface area contributed by atoms with Crippen LogP contribution >= 0.6 is 0 Å². The number of aromatic nitrogens is 1. The van der Waals surface area contributed by atoms with E-state index >= 15 is 0 Å². The van der Waals surface area contributed by atoms with Gasteiger partial charge in [-0.2, -0.15) is 0 Å². The maximum absolute atomic E-state index is 5.74. The minimum atomic E-state index is 0.409. The number of nitrogens with zero attached hydrogens (tertiary/aromatic N) is 1. The van der Waals surface area contributed by atoms with Crippen molar-refractivity contribution in [2.24, 2.45) is 5.92 Å². The Morgan fingerprint density at radius 3 is 2.73 bits per heavy atom.